The summed E-state index contributed by atoms with van der Waals surface area (Å²) in [5.74, 6) is 0. The average Bonchev–Trinajstić information content (AvgIpc) is 2.90. The van der Waals surface area contributed by atoms with Crippen LogP contribution < -0.4 is 4.31 Å². The van der Waals surface area contributed by atoms with Crippen LogP contribution in [0.4, 0.5) is 5.13 Å². The number of aromatic nitrogens is 1. The minimum atomic E-state index is -3.63. The van der Waals surface area contributed by atoms with Gasteiger partial charge in [0.1, 0.15) is 6.73 Å². The minimum Gasteiger partial charge on any atom is -0.363 e. The highest BCUT2D eigenvalue weighted by Gasteiger charge is 2.26. The molecule has 0 N–H and O–H groups in total. The number of benzene rings is 1. The van der Waals surface area contributed by atoms with E-state index in [0.717, 1.165) is 4.31 Å². The number of hydrogen-bond donors (Lipinski definition) is 0. The molecule has 0 amide bonds. The molecule has 0 aliphatic rings. The molecule has 0 saturated carbocycles. The molecule has 0 aliphatic carbocycles. The molecule has 7 heteroatoms. The van der Waals surface area contributed by atoms with Crippen LogP contribution in [0, 0.1) is 0 Å². The number of sulfonamides is 1. The van der Waals surface area contributed by atoms with Gasteiger partial charge in [-0.1, -0.05) is 18.2 Å². The third kappa shape index (κ3) is 2.53. The van der Waals surface area contributed by atoms with Crippen molar-refractivity contribution in [2.24, 2.45) is 0 Å². The number of nitrogens with zero attached hydrogens (tertiary/aromatic N) is 2. The Balaban J connectivity index is 2.43. The molecular weight excluding hydrogens is 272 g/mol. The Morgan fingerprint density at radius 1 is 1.33 bits per heavy atom. The number of rotatable bonds is 5. The summed E-state index contributed by atoms with van der Waals surface area (Å²) in [6, 6.07) is 8.22. The molecule has 2 aromatic rings. The lowest BCUT2D eigenvalue weighted by molar-refractivity contribution is 0.209. The van der Waals surface area contributed by atoms with Crippen LogP contribution in [0.3, 0.4) is 0 Å². The molecule has 96 valence electrons. The van der Waals surface area contributed by atoms with Crippen molar-refractivity contribution >= 4 is 26.5 Å². The molecule has 0 unspecified atom stereocenters. The van der Waals surface area contributed by atoms with Crippen molar-refractivity contribution < 1.29 is 13.2 Å². The van der Waals surface area contributed by atoms with E-state index in [0.29, 0.717) is 5.13 Å². The van der Waals surface area contributed by atoms with Crippen molar-refractivity contribution in [1.29, 1.82) is 0 Å². The van der Waals surface area contributed by atoms with E-state index >= 15 is 0 Å². The summed E-state index contributed by atoms with van der Waals surface area (Å²) in [6.45, 7) is -0.0647. The van der Waals surface area contributed by atoms with Gasteiger partial charge in [-0.2, -0.15) is 0 Å². The molecule has 2 rings (SSSR count). The molecule has 0 radical (unpaired) electrons. The first-order valence-electron chi connectivity index (χ1n) is 5.12. The fourth-order valence-corrected chi connectivity index (χ4v) is 3.61. The standard InChI is InChI=1S/C11H12N2O3S2/c1-16-9-13(11-12-7-8-17-11)18(14,15)10-5-3-2-4-6-10/h2-8H,9H2,1H3. The zero-order valence-electron chi connectivity index (χ0n) is 9.68. The highest BCUT2D eigenvalue weighted by atomic mass is 32.2. The van der Waals surface area contributed by atoms with Crippen LogP contribution >= 0.6 is 11.3 Å². The van der Waals surface area contributed by atoms with Crippen LogP contribution in [0.1, 0.15) is 0 Å². The lowest BCUT2D eigenvalue weighted by atomic mass is 10.4. The number of hydrogen-bond acceptors (Lipinski definition) is 5. The summed E-state index contributed by atoms with van der Waals surface area (Å²) in [6.07, 6.45) is 1.56. The Kier molecular flexibility index (Phi) is 3.95. The van der Waals surface area contributed by atoms with E-state index in [2.05, 4.69) is 4.98 Å². The summed E-state index contributed by atoms with van der Waals surface area (Å²) in [4.78, 5) is 4.23. The van der Waals surface area contributed by atoms with Crippen LogP contribution in [0.2, 0.25) is 0 Å². The predicted octanol–water partition coefficient (Wildman–Crippen LogP) is 1.94. The number of anilines is 1. The van der Waals surface area contributed by atoms with Crippen molar-refractivity contribution in [2.45, 2.75) is 4.90 Å². The van der Waals surface area contributed by atoms with Gasteiger partial charge in [0.2, 0.25) is 5.13 Å². The largest absolute Gasteiger partial charge is 0.363 e. The van der Waals surface area contributed by atoms with Crippen LogP contribution in [-0.2, 0) is 14.8 Å². The van der Waals surface area contributed by atoms with Crippen molar-refractivity contribution in [3.05, 3.63) is 41.9 Å². The van der Waals surface area contributed by atoms with E-state index in [-0.39, 0.29) is 11.6 Å². The molecule has 0 saturated heterocycles. The Labute approximate surface area is 110 Å². The third-order valence-corrected chi connectivity index (χ3v) is 4.85. The van der Waals surface area contributed by atoms with Gasteiger partial charge in [-0.15, -0.1) is 11.3 Å². The van der Waals surface area contributed by atoms with E-state index in [1.165, 1.54) is 18.4 Å². The van der Waals surface area contributed by atoms with Gasteiger partial charge in [-0.25, -0.2) is 17.7 Å². The van der Waals surface area contributed by atoms with Gasteiger partial charge < -0.3 is 4.74 Å². The van der Waals surface area contributed by atoms with Crippen LogP contribution in [0.25, 0.3) is 0 Å². The Bertz CT molecular complexity index is 582. The maximum absolute atomic E-state index is 12.4. The van der Waals surface area contributed by atoms with Gasteiger partial charge >= 0.3 is 0 Å². The van der Waals surface area contributed by atoms with E-state index in [4.69, 9.17) is 4.74 Å². The Morgan fingerprint density at radius 2 is 2.06 bits per heavy atom. The highest BCUT2D eigenvalue weighted by molar-refractivity contribution is 7.93. The third-order valence-electron chi connectivity index (χ3n) is 2.21. The van der Waals surface area contributed by atoms with Crippen molar-refractivity contribution in [3.8, 4) is 0 Å². The molecule has 18 heavy (non-hydrogen) atoms. The van der Waals surface area contributed by atoms with E-state index in [1.54, 1.807) is 41.9 Å². The molecular formula is C11H12N2O3S2. The van der Waals surface area contributed by atoms with Gasteiger partial charge in [0, 0.05) is 18.7 Å². The molecule has 1 aromatic heterocycles. The highest BCUT2D eigenvalue weighted by Crippen LogP contribution is 2.24. The number of methoxy groups -OCH3 is 1. The average molecular weight is 284 g/mol. The van der Waals surface area contributed by atoms with Crippen LogP contribution in [0.5, 0.6) is 0 Å². The monoisotopic (exact) mass is 284 g/mol. The first-order chi connectivity index (χ1) is 8.66. The molecule has 0 spiro atoms. The van der Waals surface area contributed by atoms with Gasteiger partial charge in [0.05, 0.1) is 4.90 Å². The van der Waals surface area contributed by atoms with Crippen LogP contribution in [-0.4, -0.2) is 27.2 Å². The summed E-state index contributed by atoms with van der Waals surface area (Å²) in [5.41, 5.74) is 0. The molecule has 5 nitrogen and oxygen atoms in total. The summed E-state index contributed by atoms with van der Waals surface area (Å²) < 4.78 is 31.0. The molecule has 0 aliphatic heterocycles. The molecule has 0 atom stereocenters. The molecule has 0 fully saturated rings. The Hall–Kier alpha value is -1.44. The van der Waals surface area contributed by atoms with Crippen molar-refractivity contribution in [2.75, 3.05) is 18.1 Å². The molecule has 1 aromatic carbocycles. The fraction of sp³-hybridized carbons (Fsp3) is 0.182. The van der Waals surface area contributed by atoms with E-state index < -0.39 is 10.0 Å². The second-order valence-electron chi connectivity index (χ2n) is 3.40. The Morgan fingerprint density at radius 3 is 2.61 bits per heavy atom. The zero-order chi connectivity index (χ0) is 13.0. The van der Waals surface area contributed by atoms with Crippen molar-refractivity contribution in [1.82, 2.24) is 4.98 Å². The topological polar surface area (TPSA) is 59.5 Å². The van der Waals surface area contributed by atoms with Gasteiger partial charge in [0.15, 0.2) is 0 Å². The SMILES string of the molecule is COCN(c1nccs1)S(=O)(=O)c1ccccc1. The van der Waals surface area contributed by atoms with E-state index in [9.17, 15) is 8.42 Å². The first-order valence-corrected chi connectivity index (χ1v) is 7.44. The molecule has 0 bridgehead atoms. The number of thiazole rings is 1. The minimum absolute atomic E-state index is 0.0647. The summed E-state index contributed by atoms with van der Waals surface area (Å²) in [7, 11) is -2.18. The summed E-state index contributed by atoms with van der Waals surface area (Å²) >= 11 is 1.25. The quantitative estimate of drug-likeness (QED) is 0.787. The maximum Gasteiger partial charge on any atom is 0.268 e. The first kappa shape index (κ1) is 13.0. The van der Waals surface area contributed by atoms with E-state index in [1.807, 2.05) is 0 Å². The van der Waals surface area contributed by atoms with Gasteiger partial charge in [-0.05, 0) is 12.1 Å². The number of ether oxygens (including phenoxy) is 1. The normalized spacial score (nSPS) is 11.4. The van der Waals surface area contributed by atoms with Gasteiger partial charge in [-0.3, -0.25) is 0 Å². The maximum atomic E-state index is 12.4. The predicted molar refractivity (Wildman–Crippen MR) is 70.1 cm³/mol. The molecule has 1 heterocycles. The van der Waals surface area contributed by atoms with Gasteiger partial charge in [0.25, 0.3) is 10.0 Å². The smallest absolute Gasteiger partial charge is 0.268 e. The fourth-order valence-electron chi connectivity index (χ4n) is 1.40. The lowest BCUT2D eigenvalue weighted by Gasteiger charge is -2.20. The lowest BCUT2D eigenvalue weighted by Crippen LogP contribution is -2.32. The second kappa shape index (κ2) is 5.47. The van der Waals surface area contributed by atoms with Crippen LogP contribution in [0.15, 0.2) is 46.8 Å². The van der Waals surface area contributed by atoms with Crippen molar-refractivity contribution in [3.63, 3.8) is 0 Å². The zero-order valence-corrected chi connectivity index (χ0v) is 11.3. The second-order valence-corrected chi connectivity index (χ2v) is 6.13. The summed E-state index contributed by atoms with van der Waals surface area (Å²) in [5, 5.41) is 2.11.